The second-order valence-corrected chi connectivity index (χ2v) is 4.09. The summed E-state index contributed by atoms with van der Waals surface area (Å²) in [6.45, 7) is 2.17. The van der Waals surface area contributed by atoms with E-state index in [1.807, 2.05) is 6.92 Å². The van der Waals surface area contributed by atoms with Crippen molar-refractivity contribution < 1.29 is 4.52 Å². The lowest BCUT2D eigenvalue weighted by molar-refractivity contribution is 0.371. The van der Waals surface area contributed by atoms with Crippen molar-refractivity contribution in [3.63, 3.8) is 0 Å². The second kappa shape index (κ2) is 5.18. The highest BCUT2D eigenvalue weighted by atomic mass is 35.5. The third-order valence-electron chi connectivity index (χ3n) is 2.31. The van der Waals surface area contributed by atoms with Gasteiger partial charge in [-0.3, -0.25) is 9.36 Å². The van der Waals surface area contributed by atoms with E-state index >= 15 is 0 Å². The Bertz CT molecular complexity index is 607. The quantitative estimate of drug-likeness (QED) is 0.827. The molecule has 2 aromatic heterocycles. The van der Waals surface area contributed by atoms with Gasteiger partial charge in [0.25, 0.3) is 5.56 Å². The number of hydrogen-bond acceptors (Lipinski definition) is 6. The summed E-state index contributed by atoms with van der Waals surface area (Å²) in [5.74, 6) is 0.958. The predicted molar refractivity (Wildman–Crippen MR) is 65.3 cm³/mol. The molecule has 0 aliphatic rings. The van der Waals surface area contributed by atoms with Crippen LogP contribution in [-0.4, -0.2) is 19.7 Å². The molecule has 0 bridgehead atoms. The van der Waals surface area contributed by atoms with Gasteiger partial charge in [-0.2, -0.15) is 4.98 Å². The van der Waals surface area contributed by atoms with Crippen LogP contribution in [0, 0.1) is 0 Å². The van der Waals surface area contributed by atoms with Gasteiger partial charge in [0.1, 0.15) is 5.69 Å². The summed E-state index contributed by atoms with van der Waals surface area (Å²) in [7, 11) is 0. The minimum Gasteiger partial charge on any atom is -0.392 e. The zero-order chi connectivity index (χ0) is 13.1. The topological polar surface area (TPSA) is 99.8 Å². The number of hydrogen-bond donors (Lipinski definition) is 1. The Morgan fingerprint density at radius 1 is 1.56 bits per heavy atom. The molecule has 0 amide bonds. The Hall–Kier alpha value is -1.89. The molecule has 2 N–H and O–H groups in total. The van der Waals surface area contributed by atoms with Crippen LogP contribution in [0.25, 0.3) is 0 Å². The maximum absolute atomic E-state index is 11.8. The third-order valence-corrected chi connectivity index (χ3v) is 2.61. The van der Waals surface area contributed by atoms with Crippen LogP contribution in [0.4, 0.5) is 5.69 Å². The van der Waals surface area contributed by atoms with E-state index < -0.39 is 5.56 Å². The summed E-state index contributed by atoms with van der Waals surface area (Å²) >= 11 is 5.64. The van der Waals surface area contributed by atoms with E-state index in [1.165, 1.54) is 10.9 Å². The molecule has 18 heavy (non-hydrogen) atoms. The minimum absolute atomic E-state index is 0.00367. The molecule has 0 radical (unpaired) electrons. The monoisotopic (exact) mass is 269 g/mol. The summed E-state index contributed by atoms with van der Waals surface area (Å²) in [5, 5.41) is 3.77. The summed E-state index contributed by atoms with van der Waals surface area (Å²) in [6, 6.07) is 0. The van der Waals surface area contributed by atoms with Crippen molar-refractivity contribution >= 4 is 17.3 Å². The first-order valence-corrected chi connectivity index (χ1v) is 5.81. The maximum Gasteiger partial charge on any atom is 0.278 e. The number of aryl methyl sites for hydroxylation is 1. The van der Waals surface area contributed by atoms with Crippen LogP contribution < -0.4 is 11.3 Å². The van der Waals surface area contributed by atoms with Gasteiger partial charge in [-0.1, -0.05) is 23.7 Å². The van der Waals surface area contributed by atoms with Crippen LogP contribution in [0.5, 0.6) is 0 Å². The fraction of sp³-hybridized carbons (Fsp3) is 0.400. The average molecular weight is 270 g/mol. The molecule has 7 nitrogen and oxygen atoms in total. The zero-order valence-electron chi connectivity index (χ0n) is 9.76. The van der Waals surface area contributed by atoms with E-state index in [9.17, 15) is 4.79 Å². The van der Waals surface area contributed by atoms with E-state index in [1.54, 1.807) is 0 Å². The first-order valence-electron chi connectivity index (χ1n) is 5.43. The van der Waals surface area contributed by atoms with Crippen LogP contribution in [0.15, 0.2) is 15.6 Å². The van der Waals surface area contributed by atoms with E-state index in [2.05, 4.69) is 15.1 Å². The summed E-state index contributed by atoms with van der Waals surface area (Å²) < 4.78 is 6.30. The Morgan fingerprint density at radius 2 is 2.33 bits per heavy atom. The first-order chi connectivity index (χ1) is 8.61. The molecular formula is C10H12ClN5O2. The highest BCUT2D eigenvalue weighted by molar-refractivity contribution is 6.31. The Morgan fingerprint density at radius 3 is 3.06 bits per heavy atom. The van der Waals surface area contributed by atoms with Crippen molar-refractivity contribution in [1.82, 2.24) is 19.7 Å². The van der Waals surface area contributed by atoms with Gasteiger partial charge in [-0.25, -0.2) is 4.98 Å². The number of rotatable bonds is 4. The molecule has 0 saturated heterocycles. The molecule has 2 rings (SSSR count). The maximum atomic E-state index is 11.8. The zero-order valence-corrected chi connectivity index (χ0v) is 10.5. The molecule has 0 spiro atoms. The highest BCUT2D eigenvalue weighted by Crippen LogP contribution is 2.08. The summed E-state index contributed by atoms with van der Waals surface area (Å²) in [5.41, 5.74) is 4.99. The fourth-order valence-corrected chi connectivity index (χ4v) is 1.54. The third kappa shape index (κ3) is 2.51. The number of nitrogens with two attached hydrogens (primary N) is 1. The van der Waals surface area contributed by atoms with Crippen molar-refractivity contribution in [1.29, 1.82) is 0 Å². The van der Waals surface area contributed by atoms with Crippen molar-refractivity contribution in [2.75, 3.05) is 5.73 Å². The van der Waals surface area contributed by atoms with Gasteiger partial charge in [0, 0.05) is 6.42 Å². The number of halogens is 1. The smallest absolute Gasteiger partial charge is 0.278 e. The molecule has 0 unspecified atom stereocenters. The second-order valence-electron chi connectivity index (χ2n) is 3.74. The van der Waals surface area contributed by atoms with Gasteiger partial charge in [0.05, 0.1) is 12.9 Å². The number of nitrogen functional groups attached to an aromatic ring is 1. The molecule has 2 heterocycles. The van der Waals surface area contributed by atoms with Gasteiger partial charge in [-0.15, -0.1) is 0 Å². The standard InChI is InChI=1S/C10H12ClN5O2/c1-2-3-7-14-6(15-18-7)4-16-5-13-9(11)8(12)10(16)17/h5H,2-4,12H2,1H3. The molecule has 96 valence electrons. The van der Waals surface area contributed by atoms with Gasteiger partial charge in [0.15, 0.2) is 11.0 Å². The summed E-state index contributed by atoms with van der Waals surface area (Å²) in [6.07, 6.45) is 2.93. The Labute approximate surface area is 108 Å². The number of anilines is 1. The van der Waals surface area contributed by atoms with E-state index in [0.717, 1.165) is 6.42 Å². The normalized spacial score (nSPS) is 10.8. The Kier molecular flexibility index (Phi) is 3.61. The minimum atomic E-state index is -0.420. The van der Waals surface area contributed by atoms with E-state index in [0.29, 0.717) is 18.1 Å². The highest BCUT2D eigenvalue weighted by Gasteiger charge is 2.10. The molecule has 0 atom stereocenters. The first kappa shape index (κ1) is 12.6. The van der Waals surface area contributed by atoms with Crippen LogP contribution in [0.2, 0.25) is 5.15 Å². The van der Waals surface area contributed by atoms with Crippen molar-refractivity contribution in [3.8, 4) is 0 Å². The van der Waals surface area contributed by atoms with Gasteiger partial charge in [-0.05, 0) is 6.42 Å². The molecule has 0 aliphatic carbocycles. The van der Waals surface area contributed by atoms with Gasteiger partial charge in [0.2, 0.25) is 5.89 Å². The number of aromatic nitrogens is 4. The van der Waals surface area contributed by atoms with Crippen LogP contribution in [-0.2, 0) is 13.0 Å². The van der Waals surface area contributed by atoms with Crippen molar-refractivity contribution in [2.45, 2.75) is 26.3 Å². The molecule has 0 fully saturated rings. The van der Waals surface area contributed by atoms with E-state index in [4.69, 9.17) is 21.9 Å². The van der Waals surface area contributed by atoms with Crippen molar-refractivity contribution in [3.05, 3.63) is 33.5 Å². The fourth-order valence-electron chi connectivity index (χ4n) is 1.42. The predicted octanol–water partition coefficient (Wildman–Crippen LogP) is 0.863. The molecular weight excluding hydrogens is 258 g/mol. The molecule has 0 aromatic carbocycles. The lowest BCUT2D eigenvalue weighted by atomic mass is 10.3. The largest absolute Gasteiger partial charge is 0.392 e. The molecule has 0 saturated carbocycles. The lowest BCUT2D eigenvalue weighted by Crippen LogP contribution is -2.24. The SMILES string of the molecule is CCCc1nc(Cn2cnc(Cl)c(N)c2=O)no1. The summed E-state index contributed by atoms with van der Waals surface area (Å²) in [4.78, 5) is 19.7. The lowest BCUT2D eigenvalue weighted by Gasteiger charge is -2.03. The molecule has 8 heteroatoms. The molecule has 2 aromatic rings. The number of nitrogens with zero attached hydrogens (tertiary/aromatic N) is 4. The molecule has 0 aliphatic heterocycles. The van der Waals surface area contributed by atoms with E-state index in [-0.39, 0.29) is 17.4 Å². The van der Waals surface area contributed by atoms with Gasteiger partial charge < -0.3 is 10.3 Å². The van der Waals surface area contributed by atoms with Crippen LogP contribution >= 0.6 is 11.6 Å². The van der Waals surface area contributed by atoms with Crippen molar-refractivity contribution in [2.24, 2.45) is 0 Å². The van der Waals surface area contributed by atoms with Crippen LogP contribution in [0.3, 0.4) is 0 Å². The Balaban J connectivity index is 2.23. The average Bonchev–Trinajstić information content (AvgIpc) is 2.78. The van der Waals surface area contributed by atoms with Gasteiger partial charge >= 0.3 is 0 Å². The van der Waals surface area contributed by atoms with Crippen LogP contribution in [0.1, 0.15) is 25.1 Å².